The van der Waals surface area contributed by atoms with Gasteiger partial charge in [-0.1, -0.05) is 0 Å². The second kappa shape index (κ2) is 11.7. The van der Waals surface area contributed by atoms with Gasteiger partial charge in [0, 0.05) is 25.7 Å². The number of likely N-dealkylation sites (N-methyl/N-ethyl adjacent to an activating group) is 1. The van der Waals surface area contributed by atoms with Crippen molar-refractivity contribution >= 4 is 41.5 Å². The molecule has 1 aromatic rings. The molecule has 14 heteroatoms. The summed E-state index contributed by atoms with van der Waals surface area (Å²) in [5, 5.41) is 0.124. The molecule has 1 aromatic heterocycles. The van der Waals surface area contributed by atoms with Crippen LogP contribution in [-0.2, 0) is 14.2 Å². The quantitative estimate of drug-likeness (QED) is 0.263. The number of ether oxygens (including phenoxy) is 3. The van der Waals surface area contributed by atoms with E-state index in [9.17, 15) is 14.4 Å². The van der Waals surface area contributed by atoms with Crippen LogP contribution >= 0.6 is 11.6 Å². The van der Waals surface area contributed by atoms with Gasteiger partial charge in [0.05, 0.1) is 0 Å². The number of halogens is 2. The fourth-order valence-corrected chi connectivity index (χ4v) is 3.76. The Hall–Kier alpha value is -2.93. The average molecular weight is 575 g/mol. The van der Waals surface area contributed by atoms with Crippen molar-refractivity contribution in [2.75, 3.05) is 36.6 Å². The van der Waals surface area contributed by atoms with Crippen molar-refractivity contribution in [2.24, 2.45) is 0 Å². The van der Waals surface area contributed by atoms with Gasteiger partial charge in [-0.25, -0.2) is 14.4 Å². The fourth-order valence-electron chi connectivity index (χ4n) is 3.60. The predicted molar refractivity (Wildman–Crippen MR) is 144 cm³/mol. The number of hydrogen-bond acceptors (Lipinski definition) is 10. The lowest BCUT2D eigenvalue weighted by Gasteiger charge is -2.39. The predicted octanol–water partition coefficient (Wildman–Crippen LogP) is 5.24. The summed E-state index contributed by atoms with van der Waals surface area (Å²) in [7, 11) is 1.94. The number of hydrazine groups is 1. The van der Waals surface area contributed by atoms with E-state index >= 15 is 4.39 Å². The first-order valence-electron chi connectivity index (χ1n) is 12.6. The van der Waals surface area contributed by atoms with Crippen LogP contribution in [0.25, 0.3) is 0 Å². The van der Waals surface area contributed by atoms with Crippen LogP contribution in [0.2, 0.25) is 5.28 Å². The van der Waals surface area contributed by atoms with Gasteiger partial charge in [-0.15, -0.1) is 10.0 Å². The Morgan fingerprint density at radius 2 is 1.33 bits per heavy atom. The van der Waals surface area contributed by atoms with Crippen LogP contribution in [0.15, 0.2) is 0 Å². The molecule has 0 spiro atoms. The molecule has 0 saturated carbocycles. The van der Waals surface area contributed by atoms with Crippen molar-refractivity contribution in [2.45, 2.75) is 92.1 Å². The molecule has 1 saturated heterocycles. The normalized spacial score (nSPS) is 16.9. The molecule has 0 aromatic carbocycles. The molecule has 12 nitrogen and oxygen atoms in total. The van der Waals surface area contributed by atoms with Crippen molar-refractivity contribution in [3.8, 4) is 0 Å². The van der Waals surface area contributed by atoms with Gasteiger partial charge in [-0.05, 0) is 87.9 Å². The smallest absolute Gasteiger partial charge is 0.440 e. The molecule has 0 unspecified atom stereocenters. The van der Waals surface area contributed by atoms with Crippen LogP contribution in [0.4, 0.5) is 30.4 Å². The van der Waals surface area contributed by atoms with Gasteiger partial charge in [0.1, 0.15) is 16.8 Å². The maximum Gasteiger partial charge on any atom is 0.440 e. The summed E-state index contributed by atoms with van der Waals surface area (Å²) >= 11 is 6.22. The van der Waals surface area contributed by atoms with Gasteiger partial charge in [-0.2, -0.15) is 14.4 Å². The number of carbonyl (C=O) groups excluding carboxylic acids is 3. The second-order valence-corrected chi connectivity index (χ2v) is 12.7. The minimum Gasteiger partial charge on any atom is -0.442 e. The Balaban J connectivity index is 2.79. The minimum absolute atomic E-state index is 0.181. The summed E-state index contributed by atoms with van der Waals surface area (Å²) < 4.78 is 32.5. The molecule has 0 aliphatic carbocycles. The van der Waals surface area contributed by atoms with E-state index in [2.05, 4.69) is 14.9 Å². The van der Waals surface area contributed by atoms with Crippen LogP contribution in [-0.4, -0.2) is 87.7 Å². The van der Waals surface area contributed by atoms with Gasteiger partial charge < -0.3 is 24.0 Å². The van der Waals surface area contributed by atoms with E-state index in [1.165, 1.54) is 0 Å². The summed E-state index contributed by atoms with van der Waals surface area (Å²) in [6, 6.07) is -0.181. The van der Waals surface area contributed by atoms with Crippen molar-refractivity contribution in [3.63, 3.8) is 0 Å². The van der Waals surface area contributed by atoms with Crippen LogP contribution in [0, 0.1) is 5.82 Å². The SMILES string of the molecule is C[C@@H]1CN(C)CCN1c1nc(Cl)nc(N(C(=O)OC(C)(C)C)N(C(=O)OC(C)(C)C)C(=O)OC(C)(C)C)c1F. The Morgan fingerprint density at radius 3 is 1.77 bits per heavy atom. The molecule has 3 amide bonds. The summed E-state index contributed by atoms with van der Waals surface area (Å²) in [6.45, 7) is 17.5. The Labute approximate surface area is 234 Å². The van der Waals surface area contributed by atoms with Gasteiger partial charge in [0.15, 0.2) is 5.82 Å². The molecule has 1 atom stereocenters. The van der Waals surface area contributed by atoms with E-state index in [1.807, 2.05) is 14.0 Å². The highest BCUT2D eigenvalue weighted by atomic mass is 35.5. The van der Waals surface area contributed by atoms with Gasteiger partial charge >= 0.3 is 18.3 Å². The summed E-state index contributed by atoms with van der Waals surface area (Å²) in [5.74, 6) is -2.09. The first kappa shape index (κ1) is 32.3. The third-order valence-electron chi connectivity index (χ3n) is 4.99. The van der Waals surface area contributed by atoms with Crippen molar-refractivity contribution < 1.29 is 33.0 Å². The number of aromatic nitrogens is 2. The largest absolute Gasteiger partial charge is 0.442 e. The number of piperazine rings is 1. The Kier molecular flexibility index (Phi) is 9.66. The van der Waals surface area contributed by atoms with E-state index in [4.69, 9.17) is 25.8 Å². The number of imide groups is 1. The maximum absolute atomic E-state index is 16.3. The number of anilines is 2. The lowest BCUT2D eigenvalue weighted by Crippen LogP contribution is -2.57. The van der Waals surface area contributed by atoms with Crippen molar-refractivity contribution in [1.29, 1.82) is 0 Å². The molecule has 1 aliphatic heterocycles. The number of hydrogen-bond donors (Lipinski definition) is 0. The fraction of sp³-hybridized carbons (Fsp3) is 0.720. The molecule has 0 radical (unpaired) electrons. The van der Waals surface area contributed by atoms with E-state index in [1.54, 1.807) is 67.2 Å². The van der Waals surface area contributed by atoms with Gasteiger partial charge in [0.2, 0.25) is 16.9 Å². The van der Waals surface area contributed by atoms with Crippen LogP contribution in [0.1, 0.15) is 69.2 Å². The van der Waals surface area contributed by atoms with Crippen LogP contribution in [0.3, 0.4) is 0 Å². The molecule has 2 heterocycles. The third-order valence-corrected chi connectivity index (χ3v) is 5.16. The number of carbonyl (C=O) groups is 3. The lowest BCUT2D eigenvalue weighted by atomic mass is 10.2. The van der Waals surface area contributed by atoms with E-state index in [0.717, 1.165) is 0 Å². The molecular weight excluding hydrogens is 535 g/mol. The third kappa shape index (κ3) is 9.06. The summed E-state index contributed by atoms with van der Waals surface area (Å²) in [6.07, 6.45) is -3.96. The highest BCUT2D eigenvalue weighted by Gasteiger charge is 2.44. The molecule has 1 aliphatic rings. The molecule has 1 fully saturated rings. The Bertz CT molecular complexity index is 1060. The zero-order chi connectivity index (χ0) is 30.1. The van der Waals surface area contributed by atoms with Crippen LogP contribution in [0.5, 0.6) is 0 Å². The molecular formula is C25H40ClFN6O6. The summed E-state index contributed by atoms with van der Waals surface area (Å²) in [4.78, 5) is 52.0. The first-order valence-corrected chi connectivity index (χ1v) is 12.9. The second-order valence-electron chi connectivity index (χ2n) is 12.3. The van der Waals surface area contributed by atoms with Gasteiger partial charge in [0.25, 0.3) is 0 Å². The average Bonchev–Trinajstić information content (AvgIpc) is 2.69. The van der Waals surface area contributed by atoms with Crippen molar-refractivity contribution in [3.05, 3.63) is 11.1 Å². The molecule has 39 heavy (non-hydrogen) atoms. The molecule has 220 valence electrons. The topological polar surface area (TPSA) is 118 Å². The van der Waals surface area contributed by atoms with E-state index in [0.29, 0.717) is 24.6 Å². The van der Waals surface area contributed by atoms with E-state index < -0.39 is 52.0 Å². The monoisotopic (exact) mass is 574 g/mol. The minimum atomic E-state index is -1.33. The maximum atomic E-state index is 16.3. The molecule has 0 N–H and O–H groups in total. The molecule has 2 rings (SSSR count). The number of nitrogens with zero attached hydrogens (tertiary/aromatic N) is 6. The number of amides is 3. The highest BCUT2D eigenvalue weighted by Crippen LogP contribution is 2.32. The first-order chi connectivity index (χ1) is 17.6. The Morgan fingerprint density at radius 1 is 0.872 bits per heavy atom. The van der Waals surface area contributed by atoms with Gasteiger partial charge in [-0.3, -0.25) is 0 Å². The van der Waals surface area contributed by atoms with Crippen LogP contribution < -0.4 is 9.91 Å². The summed E-state index contributed by atoms with van der Waals surface area (Å²) in [5.41, 5.74) is -3.30. The molecule has 0 bridgehead atoms. The van der Waals surface area contributed by atoms with E-state index in [-0.39, 0.29) is 16.9 Å². The zero-order valence-electron chi connectivity index (χ0n) is 24.6. The standard InChI is InChI=1S/C25H40ClFN6O6/c1-15-14-30(11)12-13-31(15)17-16(27)18(29-19(26)28-17)32(20(34)37-23(2,3)4)33(21(35)38-24(5,6)7)22(36)39-25(8,9)10/h15H,12-14H2,1-11H3/t15-/m1/s1. The lowest BCUT2D eigenvalue weighted by molar-refractivity contribution is -0.00704. The highest BCUT2D eigenvalue weighted by molar-refractivity contribution is 6.28. The number of rotatable bonds is 2. The van der Waals surface area contributed by atoms with Crippen molar-refractivity contribution in [1.82, 2.24) is 19.9 Å². The zero-order valence-corrected chi connectivity index (χ0v) is 25.3.